The molecule has 0 bridgehead atoms. The molecule has 0 radical (unpaired) electrons. The van der Waals surface area contributed by atoms with Crippen LogP contribution in [0.5, 0.6) is 0 Å². The van der Waals surface area contributed by atoms with E-state index >= 15 is 0 Å². The number of benzene rings is 1. The number of aryl methyl sites for hydroxylation is 1. The molecule has 5 nitrogen and oxygen atoms in total. The van der Waals surface area contributed by atoms with Crippen LogP contribution in [0.1, 0.15) is 0 Å². The summed E-state index contributed by atoms with van der Waals surface area (Å²) in [5.74, 6) is 1.80. The summed E-state index contributed by atoms with van der Waals surface area (Å²) in [7, 11) is 1.93. The molecular weight excluding hydrogens is 202 g/mol. The second-order valence-electron chi connectivity index (χ2n) is 3.77. The van der Waals surface area contributed by atoms with Gasteiger partial charge in [0.2, 0.25) is 0 Å². The van der Waals surface area contributed by atoms with Crippen LogP contribution in [0.15, 0.2) is 29.3 Å². The number of nitrogens with one attached hydrogen (secondary N) is 2. The maximum absolute atomic E-state index is 4.43. The average Bonchev–Trinajstić information content (AvgIpc) is 2.89. The lowest BCUT2D eigenvalue weighted by molar-refractivity contribution is 0.789. The molecule has 5 heteroatoms. The first kappa shape index (κ1) is 9.21. The second-order valence-corrected chi connectivity index (χ2v) is 3.77. The largest absolute Gasteiger partial charge is 0.354 e. The van der Waals surface area contributed by atoms with Gasteiger partial charge < -0.3 is 10.6 Å². The minimum Gasteiger partial charge on any atom is -0.354 e. The predicted molar refractivity (Wildman–Crippen MR) is 64.6 cm³/mol. The van der Waals surface area contributed by atoms with Crippen molar-refractivity contribution in [3.05, 3.63) is 24.3 Å². The highest BCUT2D eigenvalue weighted by molar-refractivity contribution is 6.01. The van der Waals surface area contributed by atoms with Crippen LogP contribution in [0, 0.1) is 0 Å². The molecule has 0 saturated carbocycles. The summed E-state index contributed by atoms with van der Waals surface area (Å²) in [5, 5.41) is 12.0. The zero-order valence-electron chi connectivity index (χ0n) is 9.07. The molecule has 1 aromatic heterocycles. The average molecular weight is 215 g/mol. The molecule has 1 aromatic carbocycles. The second kappa shape index (κ2) is 3.52. The van der Waals surface area contributed by atoms with E-state index in [-0.39, 0.29) is 0 Å². The third-order valence-electron chi connectivity index (χ3n) is 2.65. The molecular formula is C11H13N5. The van der Waals surface area contributed by atoms with Crippen molar-refractivity contribution in [2.24, 2.45) is 12.0 Å². The number of anilines is 1. The Labute approximate surface area is 93.2 Å². The van der Waals surface area contributed by atoms with E-state index in [4.69, 9.17) is 0 Å². The minimum atomic E-state index is 0.828. The fourth-order valence-electron chi connectivity index (χ4n) is 1.89. The number of hydrogen-bond donors (Lipinski definition) is 2. The summed E-state index contributed by atoms with van der Waals surface area (Å²) in [6, 6.07) is 8.06. The zero-order valence-corrected chi connectivity index (χ0v) is 9.07. The Morgan fingerprint density at radius 2 is 2.25 bits per heavy atom. The summed E-state index contributed by atoms with van der Waals surface area (Å²) in [4.78, 5) is 4.31. The number of nitrogens with zero attached hydrogens (tertiary/aromatic N) is 3. The van der Waals surface area contributed by atoms with E-state index in [1.165, 1.54) is 0 Å². The highest BCUT2D eigenvalue weighted by Gasteiger charge is 2.11. The molecule has 1 aliphatic heterocycles. The third kappa shape index (κ3) is 1.41. The molecule has 0 amide bonds. The lowest BCUT2D eigenvalue weighted by Crippen LogP contribution is -2.27. The minimum absolute atomic E-state index is 0.828. The molecule has 2 heterocycles. The van der Waals surface area contributed by atoms with Crippen molar-refractivity contribution in [3.63, 3.8) is 0 Å². The topological polar surface area (TPSA) is 54.2 Å². The van der Waals surface area contributed by atoms with Crippen molar-refractivity contribution in [2.75, 3.05) is 18.4 Å². The first-order chi connectivity index (χ1) is 7.84. The summed E-state index contributed by atoms with van der Waals surface area (Å²) in [6.07, 6.45) is 0. The monoisotopic (exact) mass is 215 g/mol. The zero-order chi connectivity index (χ0) is 11.0. The lowest BCUT2D eigenvalue weighted by atomic mass is 10.2. The number of hydrogen-bond acceptors (Lipinski definition) is 4. The van der Waals surface area contributed by atoms with Gasteiger partial charge in [-0.2, -0.15) is 5.10 Å². The van der Waals surface area contributed by atoms with Gasteiger partial charge in [0, 0.05) is 19.0 Å². The van der Waals surface area contributed by atoms with E-state index in [0.717, 1.165) is 35.8 Å². The Hall–Kier alpha value is -2.04. The van der Waals surface area contributed by atoms with Gasteiger partial charge >= 0.3 is 0 Å². The number of aliphatic imine (C=N–C) groups is 1. The van der Waals surface area contributed by atoms with Gasteiger partial charge in [0.1, 0.15) is 5.82 Å². The third-order valence-corrected chi connectivity index (χ3v) is 2.65. The SMILES string of the molecule is Cn1nc2ccccc2c1NC1=NCCN1. The van der Waals surface area contributed by atoms with Crippen molar-refractivity contribution in [1.82, 2.24) is 15.1 Å². The van der Waals surface area contributed by atoms with Gasteiger partial charge in [-0.3, -0.25) is 9.67 Å². The molecule has 3 rings (SSSR count). The van der Waals surface area contributed by atoms with Gasteiger partial charge in [0.15, 0.2) is 5.96 Å². The Bertz CT molecular complexity index is 555. The number of aromatic nitrogens is 2. The fourth-order valence-corrected chi connectivity index (χ4v) is 1.89. The Kier molecular flexibility index (Phi) is 2.02. The number of guanidine groups is 1. The molecule has 82 valence electrons. The van der Waals surface area contributed by atoms with E-state index < -0.39 is 0 Å². The molecule has 0 saturated heterocycles. The Morgan fingerprint density at radius 3 is 3.06 bits per heavy atom. The van der Waals surface area contributed by atoms with Crippen LogP contribution in [-0.2, 0) is 7.05 Å². The maximum Gasteiger partial charge on any atom is 0.197 e. The van der Waals surface area contributed by atoms with Crippen molar-refractivity contribution >= 4 is 22.7 Å². The first-order valence-electron chi connectivity index (χ1n) is 5.32. The van der Waals surface area contributed by atoms with E-state index in [9.17, 15) is 0 Å². The summed E-state index contributed by atoms with van der Waals surface area (Å²) in [6.45, 7) is 1.73. The van der Waals surface area contributed by atoms with Crippen molar-refractivity contribution < 1.29 is 0 Å². The van der Waals surface area contributed by atoms with Crippen LogP contribution in [0.2, 0.25) is 0 Å². The van der Waals surface area contributed by atoms with E-state index in [0.29, 0.717) is 0 Å². The highest BCUT2D eigenvalue weighted by atomic mass is 15.3. The molecule has 0 aliphatic carbocycles. The van der Waals surface area contributed by atoms with E-state index in [2.05, 4.69) is 26.8 Å². The van der Waals surface area contributed by atoms with Gasteiger partial charge in [-0.1, -0.05) is 12.1 Å². The summed E-state index contributed by atoms with van der Waals surface area (Å²) < 4.78 is 1.84. The molecule has 1 aliphatic rings. The van der Waals surface area contributed by atoms with Crippen LogP contribution in [0.25, 0.3) is 10.9 Å². The van der Waals surface area contributed by atoms with Crippen LogP contribution >= 0.6 is 0 Å². The van der Waals surface area contributed by atoms with E-state index in [1.54, 1.807) is 0 Å². The van der Waals surface area contributed by atoms with Gasteiger partial charge in [0.05, 0.1) is 12.1 Å². The first-order valence-corrected chi connectivity index (χ1v) is 5.32. The van der Waals surface area contributed by atoms with Crippen LogP contribution in [0.3, 0.4) is 0 Å². The maximum atomic E-state index is 4.43. The highest BCUT2D eigenvalue weighted by Crippen LogP contribution is 2.21. The predicted octanol–water partition coefficient (Wildman–Crippen LogP) is 0.944. The molecule has 0 spiro atoms. The fraction of sp³-hybridized carbons (Fsp3) is 0.273. The molecule has 0 atom stereocenters. The van der Waals surface area contributed by atoms with Gasteiger partial charge in [-0.25, -0.2) is 0 Å². The van der Waals surface area contributed by atoms with Crippen LogP contribution in [0.4, 0.5) is 5.82 Å². The Morgan fingerprint density at radius 1 is 1.38 bits per heavy atom. The van der Waals surface area contributed by atoms with Crippen molar-refractivity contribution in [3.8, 4) is 0 Å². The van der Waals surface area contributed by atoms with Gasteiger partial charge in [-0.05, 0) is 12.1 Å². The summed E-state index contributed by atoms with van der Waals surface area (Å²) in [5.41, 5.74) is 0.992. The van der Waals surface area contributed by atoms with Crippen LogP contribution in [-0.4, -0.2) is 28.8 Å². The van der Waals surface area contributed by atoms with E-state index in [1.807, 2.05) is 29.9 Å². The normalized spacial score (nSPS) is 14.9. The summed E-state index contributed by atoms with van der Waals surface area (Å²) >= 11 is 0. The molecule has 0 fully saturated rings. The molecule has 16 heavy (non-hydrogen) atoms. The molecule has 2 aromatic rings. The van der Waals surface area contributed by atoms with Gasteiger partial charge in [-0.15, -0.1) is 0 Å². The molecule has 2 N–H and O–H groups in total. The number of fused-ring (bicyclic) bond motifs is 1. The smallest absolute Gasteiger partial charge is 0.197 e. The van der Waals surface area contributed by atoms with Crippen molar-refractivity contribution in [2.45, 2.75) is 0 Å². The van der Waals surface area contributed by atoms with Crippen molar-refractivity contribution in [1.29, 1.82) is 0 Å². The number of rotatable bonds is 1. The lowest BCUT2D eigenvalue weighted by Gasteiger charge is -2.06. The standard InChI is InChI=1S/C11H13N5/c1-16-10(14-11-12-6-7-13-11)8-4-2-3-5-9(8)15-16/h2-5H,6-7H2,1H3,(H2,12,13,14). The molecule has 0 unspecified atom stereocenters. The quantitative estimate of drug-likeness (QED) is 0.744. The van der Waals surface area contributed by atoms with Gasteiger partial charge in [0.25, 0.3) is 0 Å². The Balaban J connectivity index is 2.04. The van der Waals surface area contributed by atoms with Crippen LogP contribution < -0.4 is 10.6 Å².